The second kappa shape index (κ2) is 7.98. The van der Waals surface area contributed by atoms with Gasteiger partial charge in [0.2, 0.25) is 0 Å². The summed E-state index contributed by atoms with van der Waals surface area (Å²) in [6, 6.07) is 12.7. The molecule has 1 saturated heterocycles. The lowest BCUT2D eigenvalue weighted by atomic mass is 9.96. The Bertz CT molecular complexity index is 668. The van der Waals surface area contributed by atoms with E-state index in [9.17, 15) is 0 Å². The summed E-state index contributed by atoms with van der Waals surface area (Å²) < 4.78 is 5.92. The highest BCUT2D eigenvalue weighted by molar-refractivity contribution is 5.34. The van der Waals surface area contributed by atoms with Gasteiger partial charge in [0.25, 0.3) is 0 Å². The summed E-state index contributed by atoms with van der Waals surface area (Å²) in [4.78, 5) is 9.40. The largest absolute Gasteiger partial charge is 0.493 e. The lowest BCUT2D eigenvalue weighted by Gasteiger charge is -2.36. The number of fused-ring (bicyclic) bond motifs is 1. The molecule has 2 aliphatic heterocycles. The summed E-state index contributed by atoms with van der Waals surface area (Å²) in [6.07, 6.45) is 6.13. The summed E-state index contributed by atoms with van der Waals surface area (Å²) in [5.74, 6) is 1.79. The molecule has 3 heterocycles. The van der Waals surface area contributed by atoms with Crippen molar-refractivity contribution in [2.45, 2.75) is 19.4 Å². The molecule has 25 heavy (non-hydrogen) atoms. The summed E-state index contributed by atoms with van der Waals surface area (Å²) in [5, 5.41) is 0. The molecule has 0 unspecified atom stereocenters. The molecule has 1 atom stereocenters. The number of hydrogen-bond acceptors (Lipinski definition) is 4. The number of hydrogen-bond donors (Lipinski definition) is 0. The first-order valence-electron chi connectivity index (χ1n) is 9.41. The molecular weight excluding hydrogens is 310 g/mol. The molecule has 1 fully saturated rings. The first-order valence-corrected chi connectivity index (χ1v) is 9.41. The van der Waals surface area contributed by atoms with E-state index >= 15 is 0 Å². The Morgan fingerprint density at radius 3 is 2.68 bits per heavy atom. The van der Waals surface area contributed by atoms with Gasteiger partial charge in [-0.15, -0.1) is 0 Å². The van der Waals surface area contributed by atoms with Gasteiger partial charge in [-0.05, 0) is 42.0 Å². The van der Waals surface area contributed by atoms with Gasteiger partial charge in [-0.2, -0.15) is 0 Å². The van der Waals surface area contributed by atoms with Gasteiger partial charge in [-0.25, -0.2) is 0 Å². The van der Waals surface area contributed by atoms with Crippen LogP contribution in [0.1, 0.15) is 17.5 Å². The Morgan fingerprint density at radius 1 is 1.00 bits per heavy atom. The van der Waals surface area contributed by atoms with Gasteiger partial charge in [0.1, 0.15) is 5.75 Å². The van der Waals surface area contributed by atoms with Crippen molar-refractivity contribution in [3.05, 3.63) is 59.9 Å². The maximum atomic E-state index is 5.92. The number of pyridine rings is 1. The quantitative estimate of drug-likeness (QED) is 0.858. The normalized spacial score (nSPS) is 22.0. The van der Waals surface area contributed by atoms with E-state index in [1.807, 2.05) is 18.5 Å². The number of piperazine rings is 1. The van der Waals surface area contributed by atoms with Gasteiger partial charge in [0.05, 0.1) is 6.61 Å². The number of rotatable bonds is 4. The molecule has 0 bridgehead atoms. The minimum absolute atomic E-state index is 0.702. The van der Waals surface area contributed by atoms with E-state index in [0.717, 1.165) is 44.8 Å². The standard InChI is InChI=1S/C21H27N3O/c1-2-6-21-20(5-1)14-18(7-13-25-21)16-23-9-11-24(12-10-23)17-19-4-3-8-22-15-19/h1-6,8,15,18H,7,9-14,16-17H2/t18-/m1/s1. The second-order valence-electron chi connectivity index (χ2n) is 7.25. The lowest BCUT2D eigenvalue weighted by Crippen LogP contribution is -2.47. The highest BCUT2D eigenvalue weighted by atomic mass is 16.5. The van der Waals surface area contributed by atoms with Crippen molar-refractivity contribution in [3.63, 3.8) is 0 Å². The Kier molecular flexibility index (Phi) is 5.28. The molecule has 1 aromatic heterocycles. The zero-order valence-electron chi connectivity index (χ0n) is 14.8. The van der Waals surface area contributed by atoms with Crippen molar-refractivity contribution >= 4 is 0 Å². The maximum Gasteiger partial charge on any atom is 0.122 e. The van der Waals surface area contributed by atoms with Crippen LogP contribution in [0.5, 0.6) is 5.75 Å². The zero-order valence-corrected chi connectivity index (χ0v) is 14.8. The van der Waals surface area contributed by atoms with E-state index in [-0.39, 0.29) is 0 Å². The van der Waals surface area contributed by atoms with Gasteiger partial charge >= 0.3 is 0 Å². The Labute approximate surface area is 150 Å². The van der Waals surface area contributed by atoms with Crippen LogP contribution in [-0.2, 0) is 13.0 Å². The Balaban J connectivity index is 1.27. The molecule has 0 amide bonds. The van der Waals surface area contributed by atoms with Gasteiger partial charge in [-0.3, -0.25) is 9.88 Å². The summed E-state index contributed by atoms with van der Waals surface area (Å²) in [7, 11) is 0. The average molecular weight is 337 g/mol. The van der Waals surface area contributed by atoms with E-state index in [2.05, 4.69) is 45.1 Å². The van der Waals surface area contributed by atoms with Crippen molar-refractivity contribution in [2.24, 2.45) is 5.92 Å². The number of nitrogens with zero attached hydrogens (tertiary/aromatic N) is 3. The number of ether oxygens (including phenoxy) is 1. The van der Waals surface area contributed by atoms with E-state index in [1.165, 1.54) is 30.8 Å². The third-order valence-electron chi connectivity index (χ3n) is 5.38. The van der Waals surface area contributed by atoms with Crippen molar-refractivity contribution in [3.8, 4) is 5.75 Å². The molecular formula is C21H27N3O. The monoisotopic (exact) mass is 337 g/mol. The molecule has 4 rings (SSSR count). The van der Waals surface area contributed by atoms with Crippen molar-refractivity contribution in [1.82, 2.24) is 14.8 Å². The van der Waals surface area contributed by atoms with Crippen LogP contribution in [0.15, 0.2) is 48.8 Å². The maximum absolute atomic E-state index is 5.92. The molecule has 0 radical (unpaired) electrons. The summed E-state index contributed by atoms with van der Waals surface area (Å²) in [6.45, 7) is 7.69. The predicted molar refractivity (Wildman–Crippen MR) is 99.7 cm³/mol. The fourth-order valence-corrected chi connectivity index (χ4v) is 3.96. The Morgan fingerprint density at radius 2 is 1.84 bits per heavy atom. The lowest BCUT2D eigenvalue weighted by molar-refractivity contribution is 0.109. The third-order valence-corrected chi connectivity index (χ3v) is 5.38. The van der Waals surface area contributed by atoms with E-state index in [0.29, 0.717) is 5.92 Å². The minimum Gasteiger partial charge on any atom is -0.493 e. The van der Waals surface area contributed by atoms with E-state index in [4.69, 9.17) is 4.74 Å². The fraction of sp³-hybridized carbons (Fsp3) is 0.476. The van der Waals surface area contributed by atoms with Crippen LogP contribution < -0.4 is 4.74 Å². The number of aromatic nitrogens is 1. The average Bonchev–Trinajstić information content (AvgIpc) is 2.86. The van der Waals surface area contributed by atoms with E-state index in [1.54, 1.807) is 0 Å². The predicted octanol–water partition coefficient (Wildman–Crippen LogP) is 2.84. The molecule has 4 nitrogen and oxygen atoms in total. The smallest absolute Gasteiger partial charge is 0.122 e. The molecule has 0 N–H and O–H groups in total. The number of benzene rings is 1. The van der Waals surface area contributed by atoms with Crippen LogP contribution in [0.2, 0.25) is 0 Å². The van der Waals surface area contributed by atoms with Crippen LogP contribution in [0.25, 0.3) is 0 Å². The summed E-state index contributed by atoms with van der Waals surface area (Å²) in [5.41, 5.74) is 2.69. The SMILES string of the molecule is c1cncc(CN2CCN(C[C@@H]3CCOc4ccccc4C3)CC2)c1. The molecule has 1 aromatic carbocycles. The van der Waals surface area contributed by atoms with Crippen molar-refractivity contribution in [2.75, 3.05) is 39.3 Å². The van der Waals surface area contributed by atoms with Crippen LogP contribution in [0.3, 0.4) is 0 Å². The van der Waals surface area contributed by atoms with Crippen LogP contribution in [0.4, 0.5) is 0 Å². The molecule has 0 aliphatic carbocycles. The molecule has 0 saturated carbocycles. The first-order chi connectivity index (χ1) is 12.4. The number of para-hydroxylation sites is 1. The fourth-order valence-electron chi connectivity index (χ4n) is 3.96. The van der Waals surface area contributed by atoms with Gasteiger partial charge < -0.3 is 9.64 Å². The zero-order chi connectivity index (χ0) is 16.9. The van der Waals surface area contributed by atoms with Crippen LogP contribution in [-0.4, -0.2) is 54.1 Å². The molecule has 132 valence electrons. The molecule has 2 aromatic rings. The van der Waals surface area contributed by atoms with Crippen molar-refractivity contribution < 1.29 is 4.74 Å². The highest BCUT2D eigenvalue weighted by Crippen LogP contribution is 2.27. The molecule has 0 spiro atoms. The molecule has 2 aliphatic rings. The van der Waals surface area contributed by atoms with Crippen molar-refractivity contribution in [1.29, 1.82) is 0 Å². The van der Waals surface area contributed by atoms with Gasteiger partial charge in [-0.1, -0.05) is 24.3 Å². The minimum atomic E-state index is 0.702. The molecule has 4 heteroatoms. The first kappa shape index (κ1) is 16.6. The van der Waals surface area contributed by atoms with Crippen LogP contribution in [0, 0.1) is 5.92 Å². The highest BCUT2D eigenvalue weighted by Gasteiger charge is 2.23. The summed E-state index contributed by atoms with van der Waals surface area (Å²) >= 11 is 0. The van der Waals surface area contributed by atoms with Gasteiger partial charge in [0.15, 0.2) is 0 Å². The van der Waals surface area contributed by atoms with E-state index < -0.39 is 0 Å². The van der Waals surface area contributed by atoms with Gasteiger partial charge in [0, 0.05) is 51.7 Å². The van der Waals surface area contributed by atoms with Crippen LogP contribution >= 0.6 is 0 Å². The topological polar surface area (TPSA) is 28.6 Å². The second-order valence-corrected chi connectivity index (χ2v) is 7.25. The Hall–Kier alpha value is -1.91. The third kappa shape index (κ3) is 4.39.